The van der Waals surface area contributed by atoms with E-state index in [9.17, 15) is 24.1 Å². The number of para-hydroxylation sites is 2. The molecule has 3 N–H and O–H groups in total. The number of hydrogen-bond acceptors (Lipinski definition) is 10. The van der Waals surface area contributed by atoms with E-state index in [1.807, 2.05) is 0 Å². The molecule has 14 heteroatoms. The van der Waals surface area contributed by atoms with Gasteiger partial charge in [-0.2, -0.15) is 0 Å². The summed E-state index contributed by atoms with van der Waals surface area (Å²) in [6.07, 6.45) is 0.360. The molecule has 1 aliphatic carbocycles. The van der Waals surface area contributed by atoms with Crippen molar-refractivity contribution in [1.29, 1.82) is 0 Å². The first kappa shape index (κ1) is 25.1. The van der Waals surface area contributed by atoms with E-state index in [4.69, 9.17) is 19.0 Å². The van der Waals surface area contributed by atoms with Gasteiger partial charge in [0.2, 0.25) is 0 Å². The van der Waals surface area contributed by atoms with Crippen molar-refractivity contribution in [2.45, 2.75) is 37.1 Å². The number of carbonyl (C=O) groups excluding carboxylic acids is 1. The topological polar surface area (TPSA) is 167 Å². The zero-order chi connectivity index (χ0) is 25.2. The smallest absolute Gasteiger partial charge is 0.328 e. The monoisotopic (exact) mass is 511 g/mol. The highest BCUT2D eigenvalue weighted by Crippen LogP contribution is 2.49. The Morgan fingerprint density at radius 1 is 1.34 bits per heavy atom. The molecular weight excluding hydrogens is 485 g/mol. The Hall–Kier alpha value is -2.96. The Labute approximate surface area is 199 Å². The molecule has 0 amide bonds. The summed E-state index contributed by atoms with van der Waals surface area (Å²) in [5.74, 6) is -0.700. The molecule has 6 atom stereocenters. The molecule has 0 bridgehead atoms. The molecular formula is C21H26N3O10P. The predicted molar refractivity (Wildman–Crippen MR) is 120 cm³/mol. The predicted octanol–water partition coefficient (Wildman–Crippen LogP) is 0.158. The van der Waals surface area contributed by atoms with Crippen LogP contribution in [0.15, 0.2) is 46.1 Å². The Bertz CT molecular complexity index is 1180. The van der Waals surface area contributed by atoms with E-state index >= 15 is 0 Å². The van der Waals surface area contributed by atoms with E-state index in [1.165, 1.54) is 26.3 Å². The van der Waals surface area contributed by atoms with Gasteiger partial charge in [0.1, 0.15) is 12.6 Å². The minimum Gasteiger partial charge on any atom is -0.489 e. The van der Waals surface area contributed by atoms with Gasteiger partial charge in [0, 0.05) is 18.2 Å². The van der Waals surface area contributed by atoms with Gasteiger partial charge in [-0.25, -0.2) is 19.7 Å². The summed E-state index contributed by atoms with van der Waals surface area (Å²) in [6, 6.07) is 6.09. The number of rotatable bonds is 9. The van der Waals surface area contributed by atoms with Gasteiger partial charge in [-0.05, 0) is 25.5 Å². The average Bonchev–Trinajstić information content (AvgIpc) is 3.09. The fraction of sp³-hybridized carbons (Fsp3) is 0.476. The molecule has 1 aromatic carbocycles. The second-order valence-corrected chi connectivity index (χ2v) is 9.35. The zero-order valence-electron chi connectivity index (χ0n) is 19.0. The number of hydrogen-bond donors (Lipinski definition) is 3. The Morgan fingerprint density at radius 3 is 2.69 bits per heavy atom. The lowest BCUT2D eigenvalue weighted by atomic mass is 9.93. The van der Waals surface area contributed by atoms with Crippen LogP contribution in [0.2, 0.25) is 0 Å². The van der Waals surface area contributed by atoms with Crippen molar-refractivity contribution < 1.29 is 38.2 Å². The van der Waals surface area contributed by atoms with Crippen LogP contribution in [-0.4, -0.2) is 58.7 Å². The van der Waals surface area contributed by atoms with Crippen LogP contribution in [0.4, 0.5) is 0 Å². The van der Waals surface area contributed by atoms with Gasteiger partial charge in [-0.3, -0.25) is 18.7 Å². The van der Waals surface area contributed by atoms with Gasteiger partial charge in [-0.15, -0.1) is 0 Å². The minimum atomic E-state index is -2.87. The van der Waals surface area contributed by atoms with E-state index in [0.29, 0.717) is 0 Å². The number of aliphatic hydroxyl groups is 1. The Morgan fingerprint density at radius 2 is 2.06 bits per heavy atom. The van der Waals surface area contributed by atoms with Crippen molar-refractivity contribution >= 4 is 14.1 Å². The number of aliphatic hydroxyl groups excluding tert-OH is 1. The summed E-state index contributed by atoms with van der Waals surface area (Å²) < 4.78 is 29.3. The number of H-pyrrole nitrogens is 1. The number of nitrogens with zero attached hydrogens (tertiary/aromatic N) is 1. The lowest BCUT2D eigenvalue weighted by Crippen LogP contribution is -2.61. The van der Waals surface area contributed by atoms with Crippen molar-refractivity contribution in [2.24, 2.45) is 5.92 Å². The molecule has 1 unspecified atom stereocenters. The van der Waals surface area contributed by atoms with E-state index < -0.39 is 55.1 Å². The number of esters is 1. The number of methoxy groups -OCH3 is 1. The molecule has 13 nitrogen and oxygen atoms in total. The van der Waals surface area contributed by atoms with Crippen LogP contribution in [0.1, 0.15) is 19.4 Å². The number of nitrogens with one attached hydrogen (secondary N) is 2. The molecule has 1 aliphatic heterocycles. The van der Waals surface area contributed by atoms with Gasteiger partial charge in [-0.1, -0.05) is 12.1 Å². The van der Waals surface area contributed by atoms with Crippen LogP contribution in [0, 0.1) is 5.92 Å². The minimum absolute atomic E-state index is 0.00181. The summed E-state index contributed by atoms with van der Waals surface area (Å²) in [7, 11) is -1.65. The summed E-state index contributed by atoms with van der Waals surface area (Å²) in [6.45, 7) is 1.47. The first-order chi connectivity index (χ1) is 16.8. The molecule has 0 radical (unpaired) electrons. The highest BCUT2D eigenvalue weighted by molar-refractivity contribution is 7.37. The fourth-order valence-corrected chi connectivity index (χ4v) is 5.20. The largest absolute Gasteiger partial charge is 0.489 e. The molecule has 2 aliphatic rings. The standard InChI is InChI=1S/C21H26N3O10P/c1-12(19(27)30-2)23-35(29)33-15-6-4-3-5-14(15)31-10-13-9-16(21(18(13)26)11-32-34-21)24-17(25)7-8-22-20(24)28/h3-8,12-13,16,18,26,35H,9-11H2,1-2H3,(H,22,28)(H,23,29)/t12-,13+,16+,18+,21-/m0/s1. The SMILES string of the molecule is COC(=O)[C@H](C)N[PH](=O)Oc1ccccc1OC[C@H]1C[C@@H](n2c(=O)cc[nH]c2=O)[C@@]2(COO2)[C@@H]1O. The van der Waals surface area contributed by atoms with Gasteiger partial charge >= 0.3 is 19.8 Å². The fourth-order valence-electron chi connectivity index (χ4n) is 4.30. The highest BCUT2D eigenvalue weighted by atomic mass is 31.1. The number of ether oxygens (including phenoxy) is 2. The van der Waals surface area contributed by atoms with E-state index in [1.54, 1.807) is 24.3 Å². The third-order valence-electron chi connectivity index (χ3n) is 6.13. The van der Waals surface area contributed by atoms with Gasteiger partial charge < -0.3 is 24.1 Å². The molecule has 190 valence electrons. The molecule has 35 heavy (non-hydrogen) atoms. The normalized spacial score (nSPS) is 27.1. The van der Waals surface area contributed by atoms with Crippen LogP contribution in [0.5, 0.6) is 11.5 Å². The first-order valence-corrected chi connectivity index (χ1v) is 12.2. The molecule has 2 heterocycles. The summed E-state index contributed by atoms with van der Waals surface area (Å²) in [5.41, 5.74) is -2.41. The van der Waals surface area contributed by atoms with Crippen LogP contribution in [0.25, 0.3) is 0 Å². The molecule has 4 rings (SSSR count). The molecule has 1 aromatic heterocycles. The second-order valence-electron chi connectivity index (χ2n) is 8.28. The number of carbonyl (C=O) groups is 1. The Kier molecular flexibility index (Phi) is 7.43. The first-order valence-electron chi connectivity index (χ1n) is 10.8. The molecule has 2 aromatic rings. The number of aromatic amines is 1. The van der Waals surface area contributed by atoms with Gasteiger partial charge in [0.25, 0.3) is 5.56 Å². The van der Waals surface area contributed by atoms with Crippen molar-refractivity contribution in [3.8, 4) is 11.5 Å². The lowest BCUT2D eigenvalue weighted by molar-refractivity contribution is -0.491. The van der Waals surface area contributed by atoms with Crippen LogP contribution in [-0.2, 0) is 23.9 Å². The zero-order valence-corrected chi connectivity index (χ0v) is 20.0. The van der Waals surface area contributed by atoms with Crippen LogP contribution < -0.4 is 25.6 Å². The van der Waals surface area contributed by atoms with E-state index in [0.717, 1.165) is 4.57 Å². The van der Waals surface area contributed by atoms with Crippen molar-refractivity contribution in [3.63, 3.8) is 0 Å². The molecule has 1 saturated carbocycles. The van der Waals surface area contributed by atoms with Gasteiger partial charge in [0.05, 0.1) is 25.9 Å². The van der Waals surface area contributed by atoms with E-state index in [-0.39, 0.29) is 31.1 Å². The summed E-state index contributed by atoms with van der Waals surface area (Å²) in [5, 5.41) is 13.5. The number of benzene rings is 1. The maximum Gasteiger partial charge on any atom is 0.328 e. The maximum absolute atomic E-state index is 12.4. The second kappa shape index (κ2) is 10.3. The lowest BCUT2D eigenvalue weighted by Gasteiger charge is -2.43. The van der Waals surface area contributed by atoms with Crippen molar-refractivity contribution in [3.05, 3.63) is 57.4 Å². The average molecular weight is 511 g/mol. The molecule has 2 fully saturated rings. The van der Waals surface area contributed by atoms with Crippen LogP contribution in [0.3, 0.4) is 0 Å². The maximum atomic E-state index is 12.4. The quantitative estimate of drug-likeness (QED) is 0.238. The third kappa shape index (κ3) is 4.91. The van der Waals surface area contributed by atoms with E-state index in [2.05, 4.69) is 14.8 Å². The summed E-state index contributed by atoms with van der Waals surface area (Å²) >= 11 is 0. The Balaban J connectivity index is 1.47. The summed E-state index contributed by atoms with van der Waals surface area (Å²) in [4.78, 5) is 48.9. The van der Waals surface area contributed by atoms with Crippen molar-refractivity contribution in [2.75, 3.05) is 20.3 Å². The third-order valence-corrected chi connectivity index (χ3v) is 7.20. The molecule has 1 spiro atoms. The number of aromatic nitrogens is 2. The highest BCUT2D eigenvalue weighted by Gasteiger charge is 2.63. The van der Waals surface area contributed by atoms with Crippen molar-refractivity contribution in [1.82, 2.24) is 14.6 Å². The van der Waals surface area contributed by atoms with Crippen LogP contribution >= 0.6 is 8.18 Å². The molecule has 1 saturated heterocycles. The van der Waals surface area contributed by atoms with Gasteiger partial charge in [0.15, 0.2) is 17.1 Å².